The maximum absolute atomic E-state index is 12.9. The number of quaternary nitrogens is 1. The quantitative estimate of drug-likeness (QED) is 0.0211. The van der Waals surface area contributed by atoms with Crippen LogP contribution < -0.4 is 0 Å². The van der Waals surface area contributed by atoms with Gasteiger partial charge in [0.25, 0.3) is 6.29 Å². The Hall–Kier alpha value is -4.31. The molecule has 77 heavy (non-hydrogen) atoms. The Morgan fingerprint density at radius 2 is 0.740 bits per heavy atom. The minimum atomic E-state index is -1.52. The highest BCUT2D eigenvalue weighted by Crippen LogP contribution is 2.15. The molecule has 0 aromatic heterocycles. The van der Waals surface area contributed by atoms with Crippen molar-refractivity contribution in [2.45, 2.75) is 245 Å². The number of likely N-dealkylation sites (N-methyl/N-ethyl adjacent to an activating group) is 1. The number of rotatable bonds is 55. The summed E-state index contributed by atoms with van der Waals surface area (Å²) in [5.74, 6) is -2.04. The van der Waals surface area contributed by atoms with Gasteiger partial charge in [-0.05, 0) is 109 Å². The molecule has 438 valence electrons. The highest BCUT2D eigenvalue weighted by atomic mass is 16.7. The zero-order chi connectivity index (χ0) is 56.2. The van der Waals surface area contributed by atoms with E-state index in [0.29, 0.717) is 17.4 Å². The number of hydrogen-bond donors (Lipinski definition) is 1. The monoisotopic (exact) mass is 1070 g/mol. The number of carboxylic acid groups (broad SMARTS) is 1. The number of hydrogen-bond acceptors (Lipinski definition) is 7. The summed E-state index contributed by atoms with van der Waals surface area (Å²) in [4.78, 5) is 37.5. The van der Waals surface area contributed by atoms with E-state index in [9.17, 15) is 19.5 Å². The summed E-state index contributed by atoms with van der Waals surface area (Å²) in [6.45, 7) is 4.73. The molecule has 2 atom stereocenters. The lowest BCUT2D eigenvalue weighted by molar-refractivity contribution is -0.870. The molecular weight excluding hydrogens is 959 g/mol. The third-order valence-corrected chi connectivity index (χ3v) is 12.7. The van der Waals surface area contributed by atoms with Gasteiger partial charge in [-0.25, -0.2) is 4.79 Å². The smallest absolute Gasteiger partial charge is 0.361 e. The molecule has 0 aromatic rings. The summed E-state index contributed by atoms with van der Waals surface area (Å²) >= 11 is 0. The molecule has 0 heterocycles. The average molecular weight is 1070 g/mol. The molecule has 0 saturated carbocycles. The number of carboxylic acids is 1. The van der Waals surface area contributed by atoms with Crippen molar-refractivity contribution in [3.8, 4) is 0 Å². The largest absolute Gasteiger partial charge is 0.477 e. The number of carbonyl (C=O) groups excluding carboxylic acids is 2. The van der Waals surface area contributed by atoms with E-state index in [1.807, 2.05) is 21.1 Å². The summed E-state index contributed by atoms with van der Waals surface area (Å²) in [6, 6.07) is 0. The molecule has 1 N–H and O–H groups in total. The molecule has 0 aliphatic rings. The second-order valence-electron chi connectivity index (χ2n) is 21.3. The van der Waals surface area contributed by atoms with Crippen molar-refractivity contribution >= 4 is 17.9 Å². The SMILES string of the molecule is CC/C=C\C/C=C\C/C=C\C/C=C\C/C=C\C/C=C\C/C=C\C/C=C\C/C=C\CCCCCCCC(=O)OC(COC(=O)CCCCCCCCCCC/C=C\CCCCCCCC)COC(OCC[N+](C)(C)C)C(=O)O. The van der Waals surface area contributed by atoms with Crippen LogP contribution in [0.4, 0.5) is 0 Å². The van der Waals surface area contributed by atoms with Gasteiger partial charge in [-0.2, -0.15) is 0 Å². The number of carbonyl (C=O) groups is 3. The lowest BCUT2D eigenvalue weighted by Crippen LogP contribution is -2.40. The Kier molecular flexibility index (Phi) is 54.6. The van der Waals surface area contributed by atoms with E-state index in [4.69, 9.17) is 18.9 Å². The van der Waals surface area contributed by atoms with Gasteiger partial charge in [0.2, 0.25) is 0 Å². The van der Waals surface area contributed by atoms with Gasteiger partial charge in [-0.1, -0.05) is 232 Å². The van der Waals surface area contributed by atoms with Crippen LogP contribution in [-0.4, -0.2) is 87.4 Å². The van der Waals surface area contributed by atoms with Crippen LogP contribution in [-0.2, 0) is 33.3 Å². The average Bonchev–Trinajstić information content (AvgIpc) is 3.40. The number of allylic oxidation sites excluding steroid dienone is 20. The van der Waals surface area contributed by atoms with Gasteiger partial charge >= 0.3 is 17.9 Å². The van der Waals surface area contributed by atoms with Crippen molar-refractivity contribution < 1.29 is 42.9 Å². The molecule has 0 aliphatic heterocycles. The molecule has 2 unspecified atom stereocenters. The van der Waals surface area contributed by atoms with Gasteiger partial charge in [0, 0.05) is 12.8 Å². The van der Waals surface area contributed by atoms with E-state index in [2.05, 4.69) is 135 Å². The third kappa shape index (κ3) is 59.2. The van der Waals surface area contributed by atoms with E-state index in [1.165, 1.54) is 89.9 Å². The molecule has 0 fully saturated rings. The van der Waals surface area contributed by atoms with Crippen LogP contribution in [0.25, 0.3) is 0 Å². The first kappa shape index (κ1) is 72.7. The Labute approximate surface area is 472 Å². The van der Waals surface area contributed by atoms with Crippen molar-refractivity contribution in [3.05, 3.63) is 122 Å². The third-order valence-electron chi connectivity index (χ3n) is 12.7. The standard InChI is InChI=1S/C68H113NO8/c1-6-8-10-12-14-16-18-20-22-24-26-27-28-29-30-31-32-33-34-35-36-37-38-39-41-43-45-47-49-51-53-55-57-59-66(71)77-64(63-76-68(67(72)73)74-61-60-69(3,4)5)62-75-65(70)58-56-54-52-50-48-46-44-42-40-25-23-21-19-17-15-13-11-9-7-2/h8,10,14,16,20-23,26-27,29-30,32-33,35-36,38-39,43,45,64,68H,6-7,9,11-13,15,17-19,24-25,28,31,34,37,40-42,44,46-63H2,1-5H3/p+1/b10-8-,16-14-,22-20-,23-21-,27-26-,30-29-,33-32-,36-35-,39-38-,45-43-. The summed E-state index contributed by atoms with van der Waals surface area (Å²) in [5, 5.41) is 9.71. The number of nitrogens with zero attached hydrogens (tertiary/aromatic N) is 1. The minimum absolute atomic E-state index is 0.177. The fraction of sp³-hybridized carbons (Fsp3) is 0.662. The molecule has 0 bridgehead atoms. The Morgan fingerprint density at radius 1 is 0.403 bits per heavy atom. The first-order valence-electron chi connectivity index (χ1n) is 30.7. The van der Waals surface area contributed by atoms with Crippen molar-refractivity contribution in [1.82, 2.24) is 0 Å². The topological polar surface area (TPSA) is 108 Å². The van der Waals surface area contributed by atoms with Gasteiger partial charge in [0.15, 0.2) is 6.10 Å². The summed E-state index contributed by atoms with van der Waals surface area (Å²) in [5.41, 5.74) is 0. The van der Waals surface area contributed by atoms with Crippen LogP contribution >= 0.6 is 0 Å². The summed E-state index contributed by atoms with van der Waals surface area (Å²) < 4.78 is 22.9. The Bertz CT molecular complexity index is 1670. The van der Waals surface area contributed by atoms with Gasteiger partial charge in [0.05, 0.1) is 34.4 Å². The van der Waals surface area contributed by atoms with E-state index in [0.717, 1.165) is 109 Å². The van der Waals surface area contributed by atoms with Gasteiger partial charge in [-0.15, -0.1) is 0 Å². The summed E-state index contributed by atoms with van der Waals surface area (Å²) in [7, 11) is 5.95. The Morgan fingerprint density at radius 3 is 1.12 bits per heavy atom. The first-order chi connectivity index (χ1) is 37.6. The first-order valence-corrected chi connectivity index (χ1v) is 30.7. The maximum Gasteiger partial charge on any atom is 0.361 e. The highest BCUT2D eigenvalue weighted by molar-refractivity contribution is 5.71. The van der Waals surface area contributed by atoms with Crippen LogP contribution in [0.3, 0.4) is 0 Å². The zero-order valence-electron chi connectivity index (χ0n) is 49.8. The van der Waals surface area contributed by atoms with Crippen LogP contribution in [0.2, 0.25) is 0 Å². The normalized spacial score (nSPS) is 13.6. The number of unbranched alkanes of at least 4 members (excludes halogenated alkanes) is 20. The molecule has 0 aliphatic carbocycles. The molecular formula is C68H114NO8+. The van der Waals surface area contributed by atoms with Gasteiger partial charge in [-0.3, -0.25) is 9.59 Å². The van der Waals surface area contributed by atoms with Gasteiger partial charge in [0.1, 0.15) is 13.2 Å². The summed E-state index contributed by atoms with van der Waals surface area (Å²) in [6.07, 6.45) is 78.5. The predicted molar refractivity (Wildman–Crippen MR) is 327 cm³/mol. The van der Waals surface area contributed by atoms with Crippen molar-refractivity contribution in [2.24, 2.45) is 0 Å². The lowest BCUT2D eigenvalue weighted by atomic mass is 10.1. The maximum atomic E-state index is 12.9. The van der Waals surface area contributed by atoms with Crippen molar-refractivity contribution in [1.29, 1.82) is 0 Å². The molecule has 0 rings (SSSR count). The molecule has 9 heteroatoms. The fourth-order valence-electron chi connectivity index (χ4n) is 8.00. The lowest BCUT2D eigenvalue weighted by Gasteiger charge is -2.25. The molecule has 0 amide bonds. The van der Waals surface area contributed by atoms with Crippen LogP contribution in [0.1, 0.15) is 232 Å². The van der Waals surface area contributed by atoms with Gasteiger partial charge < -0.3 is 28.5 Å². The fourth-order valence-corrected chi connectivity index (χ4v) is 8.00. The predicted octanol–water partition coefficient (Wildman–Crippen LogP) is 18.5. The molecule has 0 saturated heterocycles. The Balaban J connectivity index is 4.30. The number of ether oxygens (including phenoxy) is 4. The molecule has 0 radical (unpaired) electrons. The van der Waals surface area contributed by atoms with E-state index in [-0.39, 0.29) is 38.6 Å². The van der Waals surface area contributed by atoms with Crippen molar-refractivity contribution in [2.75, 3.05) is 47.5 Å². The van der Waals surface area contributed by atoms with Crippen LogP contribution in [0.5, 0.6) is 0 Å². The molecule has 0 aromatic carbocycles. The van der Waals surface area contributed by atoms with Crippen molar-refractivity contribution in [3.63, 3.8) is 0 Å². The molecule has 9 nitrogen and oxygen atoms in total. The van der Waals surface area contributed by atoms with Crippen LogP contribution in [0.15, 0.2) is 122 Å². The van der Waals surface area contributed by atoms with E-state index >= 15 is 0 Å². The van der Waals surface area contributed by atoms with E-state index < -0.39 is 24.3 Å². The molecule has 0 spiro atoms. The number of aliphatic carboxylic acids is 1. The second kappa shape index (κ2) is 57.9. The van der Waals surface area contributed by atoms with E-state index in [1.54, 1.807) is 0 Å². The minimum Gasteiger partial charge on any atom is -0.477 e. The van der Waals surface area contributed by atoms with Crippen LogP contribution in [0, 0.1) is 0 Å². The zero-order valence-corrected chi connectivity index (χ0v) is 49.8. The second-order valence-corrected chi connectivity index (χ2v) is 21.3. The highest BCUT2D eigenvalue weighted by Gasteiger charge is 2.25. The number of esters is 2.